The van der Waals surface area contributed by atoms with Crippen molar-refractivity contribution in [2.45, 2.75) is 58.4 Å². The van der Waals surface area contributed by atoms with Crippen molar-refractivity contribution in [3.8, 4) is 0 Å². The molecule has 1 heterocycles. The van der Waals surface area contributed by atoms with Crippen molar-refractivity contribution in [3.05, 3.63) is 0 Å². The van der Waals surface area contributed by atoms with Gasteiger partial charge in [-0.25, -0.2) is 0 Å². The van der Waals surface area contributed by atoms with Gasteiger partial charge in [-0.15, -0.1) is 0 Å². The van der Waals surface area contributed by atoms with Crippen molar-refractivity contribution in [2.24, 2.45) is 11.8 Å². The van der Waals surface area contributed by atoms with Gasteiger partial charge in [0.05, 0.1) is 6.54 Å². The third-order valence-corrected chi connectivity index (χ3v) is 5.60. The number of likely N-dealkylation sites (tertiary alicyclic amines) is 1. The number of carbonyl (C=O) groups is 1. The average Bonchev–Trinajstić information content (AvgIpc) is 2.48. The minimum atomic E-state index is -0.699. The van der Waals surface area contributed by atoms with Gasteiger partial charge in [-0.3, -0.25) is 9.69 Å². The van der Waals surface area contributed by atoms with Crippen LogP contribution in [0.2, 0.25) is 0 Å². The van der Waals surface area contributed by atoms with Gasteiger partial charge in [-0.05, 0) is 50.7 Å². The van der Waals surface area contributed by atoms with Gasteiger partial charge in [-0.2, -0.15) is 0 Å². The van der Waals surface area contributed by atoms with E-state index in [0.29, 0.717) is 6.04 Å². The van der Waals surface area contributed by atoms with E-state index in [0.717, 1.165) is 44.3 Å². The second-order valence-corrected chi connectivity index (χ2v) is 7.01. The number of carboxylic acid groups (broad SMARTS) is 1. The highest BCUT2D eigenvalue weighted by molar-refractivity contribution is 5.69. The molecule has 1 aliphatic heterocycles. The Bertz CT molecular complexity index is 327. The van der Waals surface area contributed by atoms with Gasteiger partial charge in [0.1, 0.15) is 0 Å². The van der Waals surface area contributed by atoms with E-state index in [4.69, 9.17) is 5.11 Å². The second-order valence-electron chi connectivity index (χ2n) is 7.01. The first kappa shape index (κ1) is 16.8. The summed E-state index contributed by atoms with van der Waals surface area (Å²) in [6.07, 6.45) is 7.89. The summed E-state index contributed by atoms with van der Waals surface area (Å²) in [7, 11) is 0. The van der Waals surface area contributed by atoms with E-state index >= 15 is 0 Å². The Morgan fingerprint density at radius 1 is 1.19 bits per heavy atom. The zero-order valence-electron chi connectivity index (χ0n) is 13.8. The maximum Gasteiger partial charge on any atom is 0.317 e. The van der Waals surface area contributed by atoms with Crippen molar-refractivity contribution < 1.29 is 9.90 Å². The molecule has 2 aliphatic rings. The predicted octanol–water partition coefficient (Wildman–Crippen LogP) is 2.68. The smallest absolute Gasteiger partial charge is 0.317 e. The van der Waals surface area contributed by atoms with Crippen LogP contribution in [0.1, 0.15) is 52.4 Å². The van der Waals surface area contributed by atoms with Crippen LogP contribution in [-0.2, 0) is 4.79 Å². The first-order valence-electron chi connectivity index (χ1n) is 8.78. The van der Waals surface area contributed by atoms with E-state index < -0.39 is 5.97 Å². The molecule has 0 spiro atoms. The van der Waals surface area contributed by atoms with Crippen LogP contribution in [0.15, 0.2) is 0 Å². The maximum absolute atomic E-state index is 10.9. The molecule has 4 nitrogen and oxygen atoms in total. The SMILES string of the molecule is CCN(CC(=O)O)C1CCN(CC2CCCCC2C)CC1. The molecule has 0 aromatic heterocycles. The first-order valence-corrected chi connectivity index (χ1v) is 8.78. The van der Waals surface area contributed by atoms with Crippen molar-refractivity contribution >= 4 is 5.97 Å². The summed E-state index contributed by atoms with van der Waals surface area (Å²) in [6.45, 7) is 9.08. The van der Waals surface area contributed by atoms with Gasteiger partial charge in [0.25, 0.3) is 0 Å². The van der Waals surface area contributed by atoms with Crippen LogP contribution in [0.5, 0.6) is 0 Å². The molecule has 1 aliphatic carbocycles. The Labute approximate surface area is 129 Å². The average molecular weight is 296 g/mol. The highest BCUT2D eigenvalue weighted by Crippen LogP contribution is 2.31. The van der Waals surface area contributed by atoms with Gasteiger partial charge >= 0.3 is 5.97 Å². The molecular weight excluding hydrogens is 264 g/mol. The lowest BCUT2D eigenvalue weighted by molar-refractivity contribution is -0.139. The van der Waals surface area contributed by atoms with Crippen LogP contribution >= 0.6 is 0 Å². The number of hydrogen-bond acceptors (Lipinski definition) is 3. The second kappa shape index (κ2) is 8.14. The van der Waals surface area contributed by atoms with Crippen molar-refractivity contribution in [3.63, 3.8) is 0 Å². The summed E-state index contributed by atoms with van der Waals surface area (Å²) in [4.78, 5) is 15.7. The minimum absolute atomic E-state index is 0.195. The number of likely N-dealkylation sites (N-methyl/N-ethyl adjacent to an activating group) is 1. The molecule has 4 heteroatoms. The Balaban J connectivity index is 1.75. The zero-order chi connectivity index (χ0) is 15.2. The standard InChI is InChI=1S/C17H32N2O2/c1-3-19(13-17(20)21)16-8-10-18(11-9-16)12-15-7-5-4-6-14(15)2/h14-16H,3-13H2,1-2H3,(H,20,21). The third-order valence-electron chi connectivity index (χ3n) is 5.60. The Morgan fingerprint density at radius 2 is 1.86 bits per heavy atom. The summed E-state index contributed by atoms with van der Waals surface area (Å²) < 4.78 is 0. The third kappa shape index (κ3) is 4.96. The van der Waals surface area contributed by atoms with Gasteiger partial charge in [0.2, 0.25) is 0 Å². The van der Waals surface area contributed by atoms with Crippen LogP contribution in [0.3, 0.4) is 0 Å². The number of aliphatic carboxylic acids is 1. The summed E-state index contributed by atoms with van der Waals surface area (Å²) >= 11 is 0. The summed E-state index contributed by atoms with van der Waals surface area (Å²) in [6, 6.07) is 0.464. The van der Waals surface area contributed by atoms with Crippen molar-refractivity contribution in [1.29, 1.82) is 0 Å². The molecule has 2 fully saturated rings. The number of rotatable bonds is 6. The fraction of sp³-hybridized carbons (Fsp3) is 0.941. The summed E-state index contributed by atoms with van der Waals surface area (Å²) in [5.41, 5.74) is 0. The van der Waals surface area contributed by atoms with Gasteiger partial charge in [-0.1, -0.05) is 33.1 Å². The number of carboxylic acids is 1. The van der Waals surface area contributed by atoms with Crippen molar-refractivity contribution in [1.82, 2.24) is 9.80 Å². The molecule has 2 atom stereocenters. The summed E-state index contributed by atoms with van der Waals surface area (Å²) in [5.74, 6) is 1.07. The monoisotopic (exact) mass is 296 g/mol. The Kier molecular flexibility index (Phi) is 6.49. The lowest BCUT2D eigenvalue weighted by Crippen LogP contribution is -2.47. The lowest BCUT2D eigenvalue weighted by atomic mass is 9.80. The van der Waals surface area contributed by atoms with Crippen LogP contribution in [0, 0.1) is 11.8 Å². The van der Waals surface area contributed by atoms with Gasteiger partial charge in [0, 0.05) is 12.6 Å². The summed E-state index contributed by atoms with van der Waals surface area (Å²) in [5, 5.41) is 8.99. The fourth-order valence-corrected chi connectivity index (χ4v) is 4.14. The van der Waals surface area contributed by atoms with E-state index in [2.05, 4.69) is 23.6 Å². The molecule has 122 valence electrons. The van der Waals surface area contributed by atoms with E-state index in [1.807, 2.05) is 0 Å². The lowest BCUT2D eigenvalue weighted by Gasteiger charge is -2.40. The van der Waals surface area contributed by atoms with Crippen molar-refractivity contribution in [2.75, 3.05) is 32.7 Å². The number of piperidine rings is 1. The molecule has 1 N–H and O–H groups in total. The molecule has 0 bridgehead atoms. The molecule has 0 aromatic rings. The van der Waals surface area contributed by atoms with Gasteiger partial charge in [0.15, 0.2) is 0 Å². The van der Waals surface area contributed by atoms with Gasteiger partial charge < -0.3 is 10.0 Å². The highest BCUT2D eigenvalue weighted by Gasteiger charge is 2.28. The van der Waals surface area contributed by atoms with E-state index in [1.54, 1.807) is 0 Å². The van der Waals surface area contributed by atoms with E-state index in [9.17, 15) is 4.79 Å². The van der Waals surface area contributed by atoms with Crippen LogP contribution in [0.25, 0.3) is 0 Å². The first-order chi connectivity index (χ1) is 10.1. The maximum atomic E-state index is 10.9. The molecular formula is C17H32N2O2. The topological polar surface area (TPSA) is 43.8 Å². The fourth-order valence-electron chi connectivity index (χ4n) is 4.14. The molecule has 0 radical (unpaired) electrons. The minimum Gasteiger partial charge on any atom is -0.480 e. The zero-order valence-corrected chi connectivity index (χ0v) is 13.8. The quantitative estimate of drug-likeness (QED) is 0.818. The molecule has 0 amide bonds. The molecule has 1 saturated heterocycles. The highest BCUT2D eigenvalue weighted by atomic mass is 16.4. The van der Waals surface area contributed by atoms with E-state index in [1.165, 1.54) is 32.2 Å². The van der Waals surface area contributed by atoms with Crippen LogP contribution in [-0.4, -0.2) is 59.6 Å². The van der Waals surface area contributed by atoms with Crippen LogP contribution < -0.4 is 0 Å². The number of hydrogen-bond donors (Lipinski definition) is 1. The Morgan fingerprint density at radius 3 is 2.43 bits per heavy atom. The largest absolute Gasteiger partial charge is 0.480 e. The Hall–Kier alpha value is -0.610. The number of nitrogens with zero attached hydrogens (tertiary/aromatic N) is 2. The molecule has 21 heavy (non-hydrogen) atoms. The normalized spacial score (nSPS) is 28.9. The molecule has 1 saturated carbocycles. The molecule has 2 unspecified atom stereocenters. The van der Waals surface area contributed by atoms with E-state index in [-0.39, 0.29) is 6.54 Å². The molecule has 2 rings (SSSR count). The predicted molar refractivity (Wildman–Crippen MR) is 85.5 cm³/mol. The van der Waals surface area contributed by atoms with Crippen LogP contribution in [0.4, 0.5) is 0 Å². The molecule has 0 aromatic carbocycles.